The van der Waals surface area contributed by atoms with E-state index >= 15 is 0 Å². The Morgan fingerprint density at radius 2 is 2.21 bits per heavy atom. The van der Waals surface area contributed by atoms with Crippen LogP contribution >= 0.6 is 11.6 Å². The zero-order valence-corrected chi connectivity index (χ0v) is 16.6. The zero-order valence-electron chi connectivity index (χ0n) is 15.8. The van der Waals surface area contributed by atoms with Crippen molar-refractivity contribution in [3.8, 4) is 11.3 Å². The quantitative estimate of drug-likeness (QED) is 0.653. The van der Waals surface area contributed by atoms with Gasteiger partial charge in [0.2, 0.25) is 5.65 Å². The maximum Gasteiger partial charge on any atom is 0.295 e. The predicted octanol–water partition coefficient (Wildman–Crippen LogP) is 2.91. The Hall–Kier alpha value is -2.90. The normalized spacial score (nSPS) is 16.7. The molecule has 4 rings (SSSR count). The molecule has 0 aliphatic carbocycles. The molecule has 1 N–H and O–H groups in total. The van der Waals surface area contributed by atoms with Gasteiger partial charge in [0.05, 0.1) is 18.3 Å². The second-order valence-corrected chi connectivity index (χ2v) is 7.35. The van der Waals surface area contributed by atoms with Gasteiger partial charge in [-0.25, -0.2) is 4.98 Å². The number of nitrogens with zero attached hydrogens (tertiary/aromatic N) is 3. The molecule has 0 radical (unpaired) electrons. The molecule has 7 nitrogen and oxygen atoms in total. The minimum atomic E-state index is -0.321. The number of imidazole rings is 1. The monoisotopic (exact) mass is 412 g/mol. The van der Waals surface area contributed by atoms with Crippen LogP contribution in [0.3, 0.4) is 0 Å². The van der Waals surface area contributed by atoms with E-state index in [0.717, 1.165) is 12.8 Å². The Bertz CT molecular complexity index is 1130. The highest BCUT2D eigenvalue weighted by Gasteiger charge is 2.21. The van der Waals surface area contributed by atoms with Crippen molar-refractivity contribution in [2.45, 2.75) is 25.4 Å². The molecule has 1 atom stereocenters. The Morgan fingerprint density at radius 3 is 2.93 bits per heavy atom. The molecule has 1 aliphatic rings. The van der Waals surface area contributed by atoms with Crippen molar-refractivity contribution >= 4 is 23.2 Å². The summed E-state index contributed by atoms with van der Waals surface area (Å²) < 4.78 is 8.52. The zero-order chi connectivity index (χ0) is 20.4. The van der Waals surface area contributed by atoms with Gasteiger partial charge < -0.3 is 10.1 Å². The second-order valence-electron chi connectivity index (χ2n) is 6.94. The first-order valence-corrected chi connectivity index (χ1v) is 9.83. The number of rotatable bonds is 5. The van der Waals surface area contributed by atoms with E-state index in [1.54, 1.807) is 33.5 Å². The number of halogens is 1. The lowest BCUT2D eigenvalue weighted by Gasteiger charge is -2.22. The SMILES string of the molecule is C=CCn1c(-c2ccccc2Cl)cn2cc(C(=O)N[C@@H]3CCCOC3)nc2c1=O. The van der Waals surface area contributed by atoms with Crippen LogP contribution in [0.15, 0.2) is 54.1 Å². The number of carbonyl (C=O) groups is 1. The van der Waals surface area contributed by atoms with E-state index in [4.69, 9.17) is 16.3 Å². The van der Waals surface area contributed by atoms with Crippen molar-refractivity contribution in [2.24, 2.45) is 0 Å². The maximum atomic E-state index is 13.1. The number of hydrogen-bond acceptors (Lipinski definition) is 4. The fourth-order valence-electron chi connectivity index (χ4n) is 3.50. The molecule has 1 aliphatic heterocycles. The molecule has 2 aromatic heterocycles. The summed E-state index contributed by atoms with van der Waals surface area (Å²) in [6.07, 6.45) is 6.73. The van der Waals surface area contributed by atoms with Crippen LogP contribution in [0.2, 0.25) is 5.02 Å². The molecule has 29 heavy (non-hydrogen) atoms. The van der Waals surface area contributed by atoms with Gasteiger partial charge in [-0.05, 0) is 18.9 Å². The molecule has 3 aromatic rings. The van der Waals surface area contributed by atoms with Crippen LogP contribution in [-0.4, -0.2) is 39.1 Å². The lowest BCUT2D eigenvalue weighted by molar-refractivity contribution is 0.0622. The predicted molar refractivity (Wildman–Crippen MR) is 111 cm³/mol. The Kier molecular flexibility index (Phi) is 5.51. The third kappa shape index (κ3) is 3.83. The number of nitrogens with one attached hydrogen (secondary N) is 1. The summed E-state index contributed by atoms with van der Waals surface area (Å²) in [5, 5.41) is 3.45. The van der Waals surface area contributed by atoms with Gasteiger partial charge in [-0.1, -0.05) is 35.9 Å². The van der Waals surface area contributed by atoms with Crippen LogP contribution in [0, 0.1) is 0 Å². The summed E-state index contributed by atoms with van der Waals surface area (Å²) in [4.78, 5) is 30.0. The van der Waals surface area contributed by atoms with Crippen LogP contribution in [0.25, 0.3) is 16.9 Å². The van der Waals surface area contributed by atoms with Crippen LogP contribution < -0.4 is 10.9 Å². The van der Waals surface area contributed by atoms with Crippen LogP contribution in [0.4, 0.5) is 0 Å². The fraction of sp³-hybridized carbons (Fsp3) is 0.286. The fourth-order valence-corrected chi connectivity index (χ4v) is 3.73. The van der Waals surface area contributed by atoms with Gasteiger partial charge in [0, 0.05) is 36.1 Å². The molecule has 3 heterocycles. The summed E-state index contributed by atoms with van der Waals surface area (Å²) in [5.41, 5.74) is 1.39. The highest BCUT2D eigenvalue weighted by Crippen LogP contribution is 2.27. The first-order chi connectivity index (χ1) is 14.1. The Balaban J connectivity index is 1.77. The number of fused-ring (bicyclic) bond motifs is 1. The molecule has 8 heteroatoms. The maximum absolute atomic E-state index is 13.1. The molecular weight excluding hydrogens is 392 g/mol. The third-order valence-electron chi connectivity index (χ3n) is 4.91. The van der Waals surface area contributed by atoms with Crippen molar-refractivity contribution in [3.63, 3.8) is 0 Å². The first kappa shape index (κ1) is 19.4. The topological polar surface area (TPSA) is 77.6 Å². The molecule has 1 saturated heterocycles. The van der Waals surface area contributed by atoms with Crippen LogP contribution in [0.1, 0.15) is 23.3 Å². The summed E-state index contributed by atoms with van der Waals surface area (Å²) >= 11 is 6.36. The van der Waals surface area contributed by atoms with E-state index in [2.05, 4.69) is 16.9 Å². The lowest BCUT2D eigenvalue weighted by atomic mass is 10.1. The molecule has 0 bridgehead atoms. The average molecular weight is 413 g/mol. The summed E-state index contributed by atoms with van der Waals surface area (Å²) in [6, 6.07) is 7.25. The van der Waals surface area contributed by atoms with Crippen molar-refractivity contribution in [1.82, 2.24) is 19.3 Å². The minimum absolute atomic E-state index is 0.0443. The van der Waals surface area contributed by atoms with Gasteiger partial charge in [0.15, 0.2) is 0 Å². The van der Waals surface area contributed by atoms with Gasteiger partial charge in [-0.15, -0.1) is 6.58 Å². The second kappa shape index (κ2) is 8.23. The highest BCUT2D eigenvalue weighted by molar-refractivity contribution is 6.33. The number of carbonyl (C=O) groups excluding carboxylic acids is 1. The highest BCUT2D eigenvalue weighted by atomic mass is 35.5. The number of hydrogen-bond donors (Lipinski definition) is 1. The van der Waals surface area contributed by atoms with Crippen molar-refractivity contribution in [1.29, 1.82) is 0 Å². The first-order valence-electron chi connectivity index (χ1n) is 9.45. The Morgan fingerprint density at radius 1 is 1.38 bits per heavy atom. The van der Waals surface area contributed by atoms with Crippen LogP contribution in [0.5, 0.6) is 0 Å². The number of aromatic nitrogens is 3. The van der Waals surface area contributed by atoms with Gasteiger partial charge >= 0.3 is 0 Å². The van der Waals surface area contributed by atoms with Gasteiger partial charge in [-0.3, -0.25) is 18.6 Å². The molecule has 1 amide bonds. The number of benzene rings is 1. The molecule has 0 saturated carbocycles. The molecule has 0 unspecified atom stereocenters. The minimum Gasteiger partial charge on any atom is -0.379 e. The van der Waals surface area contributed by atoms with Crippen LogP contribution in [-0.2, 0) is 11.3 Å². The molecule has 1 aromatic carbocycles. The van der Waals surface area contributed by atoms with E-state index < -0.39 is 0 Å². The molecule has 0 spiro atoms. The van der Waals surface area contributed by atoms with E-state index in [1.807, 2.05) is 18.2 Å². The number of allylic oxidation sites excluding steroid dienone is 1. The summed E-state index contributed by atoms with van der Waals surface area (Å²) in [6.45, 7) is 5.24. The van der Waals surface area contributed by atoms with Crippen molar-refractivity contribution < 1.29 is 9.53 Å². The summed E-state index contributed by atoms with van der Waals surface area (Å²) in [5.74, 6) is -0.321. The van der Waals surface area contributed by atoms with Crippen molar-refractivity contribution in [2.75, 3.05) is 13.2 Å². The number of ether oxygens (including phenoxy) is 1. The smallest absolute Gasteiger partial charge is 0.295 e. The van der Waals surface area contributed by atoms with E-state index in [-0.39, 0.29) is 28.8 Å². The van der Waals surface area contributed by atoms with Crippen molar-refractivity contribution in [3.05, 3.63) is 70.4 Å². The van der Waals surface area contributed by atoms with Gasteiger partial charge in [-0.2, -0.15) is 0 Å². The van der Waals surface area contributed by atoms with E-state index in [0.29, 0.717) is 36.0 Å². The Labute approximate surface area is 172 Å². The van der Waals surface area contributed by atoms with Gasteiger partial charge in [0.1, 0.15) is 5.69 Å². The van der Waals surface area contributed by atoms with E-state index in [1.165, 1.54) is 0 Å². The lowest BCUT2D eigenvalue weighted by Crippen LogP contribution is -2.40. The van der Waals surface area contributed by atoms with E-state index in [9.17, 15) is 9.59 Å². The third-order valence-corrected chi connectivity index (χ3v) is 5.24. The standard InChI is InChI=1S/C21H21ClN4O3/c1-2-9-26-18(15-7-3-4-8-16(15)22)12-25-11-17(24-19(25)21(26)28)20(27)23-14-6-5-10-29-13-14/h2-4,7-8,11-12,14H,1,5-6,9-10,13H2,(H,23,27)/t14-/m1/s1. The number of amides is 1. The molecule has 1 fully saturated rings. The molecular formula is C21H21ClN4O3. The average Bonchev–Trinajstić information content (AvgIpc) is 3.16. The summed E-state index contributed by atoms with van der Waals surface area (Å²) in [7, 11) is 0. The van der Waals surface area contributed by atoms with Gasteiger partial charge in [0.25, 0.3) is 11.5 Å². The largest absolute Gasteiger partial charge is 0.379 e. The molecule has 150 valence electrons.